The molecular formula is C18H26N2O2. The van der Waals surface area contributed by atoms with Gasteiger partial charge in [-0.25, -0.2) is 4.98 Å². The molecule has 0 saturated carbocycles. The molecule has 0 aliphatic carbocycles. The lowest BCUT2D eigenvalue weighted by atomic mass is 10.1. The van der Waals surface area contributed by atoms with Gasteiger partial charge in [0.1, 0.15) is 17.3 Å². The average Bonchev–Trinajstić information content (AvgIpc) is 2.57. The van der Waals surface area contributed by atoms with Gasteiger partial charge in [-0.2, -0.15) is 0 Å². The van der Waals surface area contributed by atoms with Crippen molar-refractivity contribution in [3.63, 3.8) is 0 Å². The Morgan fingerprint density at radius 1 is 1.00 bits per heavy atom. The van der Waals surface area contributed by atoms with E-state index in [2.05, 4.69) is 24.1 Å². The molecule has 1 N–H and O–H groups in total. The van der Waals surface area contributed by atoms with E-state index in [-0.39, 0.29) is 0 Å². The van der Waals surface area contributed by atoms with Crippen LogP contribution in [0.4, 0.5) is 5.82 Å². The first-order chi connectivity index (χ1) is 10.6. The molecule has 0 radical (unpaired) electrons. The number of methoxy groups -OCH3 is 2. The standard InChI is InChI=1S/C16H20N2O2.C2H6/c1-11-7-16(17-9-12(11)2)18-10-13-5-6-14(19-3)8-15(13)20-4;1-2/h5-9H,10H2,1-4H3,(H,17,18);1-2H3. The van der Waals surface area contributed by atoms with Gasteiger partial charge in [-0.1, -0.05) is 13.8 Å². The lowest BCUT2D eigenvalue weighted by molar-refractivity contribution is 0.391. The van der Waals surface area contributed by atoms with Crippen molar-refractivity contribution in [2.24, 2.45) is 0 Å². The highest BCUT2D eigenvalue weighted by Gasteiger charge is 2.05. The molecule has 0 spiro atoms. The van der Waals surface area contributed by atoms with Crippen LogP contribution in [0, 0.1) is 13.8 Å². The summed E-state index contributed by atoms with van der Waals surface area (Å²) in [5.41, 5.74) is 3.48. The number of aryl methyl sites for hydroxylation is 2. The molecule has 1 aromatic heterocycles. The fraction of sp³-hybridized carbons (Fsp3) is 0.389. The maximum Gasteiger partial charge on any atom is 0.127 e. The highest BCUT2D eigenvalue weighted by Crippen LogP contribution is 2.25. The average molecular weight is 302 g/mol. The van der Waals surface area contributed by atoms with Gasteiger partial charge in [0, 0.05) is 24.4 Å². The summed E-state index contributed by atoms with van der Waals surface area (Å²) in [7, 11) is 3.30. The van der Waals surface area contributed by atoms with Gasteiger partial charge in [0.05, 0.1) is 14.2 Å². The number of nitrogens with one attached hydrogen (secondary N) is 1. The Labute approximate surface area is 133 Å². The van der Waals surface area contributed by atoms with E-state index < -0.39 is 0 Å². The van der Waals surface area contributed by atoms with Gasteiger partial charge in [0.15, 0.2) is 0 Å². The minimum atomic E-state index is 0.655. The van der Waals surface area contributed by atoms with E-state index in [1.54, 1.807) is 14.2 Å². The largest absolute Gasteiger partial charge is 0.497 e. The van der Waals surface area contributed by atoms with Crippen LogP contribution in [0.5, 0.6) is 11.5 Å². The molecule has 0 saturated heterocycles. The maximum absolute atomic E-state index is 5.38. The van der Waals surface area contributed by atoms with Crippen molar-refractivity contribution >= 4 is 5.82 Å². The molecule has 0 aliphatic rings. The number of pyridine rings is 1. The van der Waals surface area contributed by atoms with Gasteiger partial charge in [-0.15, -0.1) is 0 Å². The lowest BCUT2D eigenvalue weighted by Gasteiger charge is -2.12. The van der Waals surface area contributed by atoms with Crippen molar-refractivity contribution < 1.29 is 9.47 Å². The second-order valence-corrected chi connectivity index (χ2v) is 4.69. The number of anilines is 1. The Bertz CT molecular complexity index is 598. The molecule has 0 amide bonds. The second kappa shape index (κ2) is 8.93. The van der Waals surface area contributed by atoms with Crippen LogP contribution in [0.3, 0.4) is 0 Å². The summed E-state index contributed by atoms with van der Waals surface area (Å²) in [6, 6.07) is 7.84. The van der Waals surface area contributed by atoms with E-state index in [0.717, 1.165) is 22.9 Å². The van der Waals surface area contributed by atoms with E-state index in [0.29, 0.717) is 6.54 Å². The smallest absolute Gasteiger partial charge is 0.127 e. The Hall–Kier alpha value is -2.23. The minimum absolute atomic E-state index is 0.655. The molecule has 0 aliphatic heterocycles. The van der Waals surface area contributed by atoms with Gasteiger partial charge >= 0.3 is 0 Å². The highest BCUT2D eigenvalue weighted by molar-refractivity contribution is 5.45. The van der Waals surface area contributed by atoms with Gasteiger partial charge in [0.2, 0.25) is 0 Å². The Balaban J connectivity index is 0.00000116. The second-order valence-electron chi connectivity index (χ2n) is 4.69. The number of nitrogens with zero attached hydrogens (tertiary/aromatic N) is 1. The molecule has 4 nitrogen and oxygen atoms in total. The van der Waals surface area contributed by atoms with Crippen molar-refractivity contribution in [3.05, 3.63) is 47.2 Å². The van der Waals surface area contributed by atoms with Crippen molar-refractivity contribution in [1.82, 2.24) is 4.98 Å². The first-order valence-electron chi connectivity index (χ1n) is 7.52. The Morgan fingerprint density at radius 3 is 2.32 bits per heavy atom. The van der Waals surface area contributed by atoms with Crippen LogP contribution < -0.4 is 14.8 Å². The molecule has 1 aromatic carbocycles. The molecule has 2 rings (SSSR count). The summed E-state index contributed by atoms with van der Waals surface area (Å²) in [4.78, 5) is 4.37. The number of rotatable bonds is 5. The van der Waals surface area contributed by atoms with Gasteiger partial charge in [-0.05, 0) is 43.2 Å². The van der Waals surface area contributed by atoms with E-state index >= 15 is 0 Å². The normalized spacial score (nSPS) is 9.55. The number of hydrogen-bond donors (Lipinski definition) is 1. The van der Waals surface area contributed by atoms with Crippen molar-refractivity contribution in [1.29, 1.82) is 0 Å². The van der Waals surface area contributed by atoms with Crippen LogP contribution in [-0.2, 0) is 6.54 Å². The van der Waals surface area contributed by atoms with Crippen molar-refractivity contribution in [2.45, 2.75) is 34.2 Å². The lowest BCUT2D eigenvalue weighted by Crippen LogP contribution is -2.04. The highest BCUT2D eigenvalue weighted by atomic mass is 16.5. The monoisotopic (exact) mass is 302 g/mol. The molecule has 0 atom stereocenters. The predicted octanol–water partition coefficient (Wildman–Crippen LogP) is 4.35. The topological polar surface area (TPSA) is 43.4 Å². The minimum Gasteiger partial charge on any atom is -0.497 e. The third-order valence-corrected chi connectivity index (χ3v) is 3.33. The van der Waals surface area contributed by atoms with Crippen molar-refractivity contribution in [2.75, 3.05) is 19.5 Å². The quantitative estimate of drug-likeness (QED) is 0.891. The molecular weight excluding hydrogens is 276 g/mol. The van der Waals surface area contributed by atoms with Gasteiger partial charge < -0.3 is 14.8 Å². The summed E-state index contributed by atoms with van der Waals surface area (Å²) in [5.74, 6) is 2.46. The number of ether oxygens (including phenoxy) is 2. The summed E-state index contributed by atoms with van der Waals surface area (Å²) >= 11 is 0. The molecule has 0 fully saturated rings. The van der Waals surface area contributed by atoms with E-state index in [1.165, 1.54) is 11.1 Å². The number of aromatic nitrogens is 1. The third-order valence-electron chi connectivity index (χ3n) is 3.33. The molecule has 22 heavy (non-hydrogen) atoms. The van der Waals surface area contributed by atoms with Crippen LogP contribution in [0.2, 0.25) is 0 Å². The molecule has 4 heteroatoms. The molecule has 1 heterocycles. The SMILES string of the molecule is CC.COc1ccc(CNc2cc(C)c(C)cn2)c(OC)c1. The van der Waals surface area contributed by atoms with E-state index in [9.17, 15) is 0 Å². The first-order valence-corrected chi connectivity index (χ1v) is 7.52. The van der Waals surface area contributed by atoms with E-state index in [1.807, 2.05) is 44.3 Å². The van der Waals surface area contributed by atoms with Crippen LogP contribution in [-0.4, -0.2) is 19.2 Å². The zero-order valence-electron chi connectivity index (χ0n) is 14.4. The third kappa shape index (κ3) is 4.65. The predicted molar refractivity (Wildman–Crippen MR) is 91.9 cm³/mol. The Kier molecular flexibility index (Phi) is 7.23. The summed E-state index contributed by atoms with van der Waals surface area (Å²) in [6.07, 6.45) is 1.88. The van der Waals surface area contributed by atoms with Crippen LogP contribution in [0.15, 0.2) is 30.5 Å². The number of hydrogen-bond acceptors (Lipinski definition) is 4. The zero-order chi connectivity index (χ0) is 16.5. The molecule has 0 unspecified atom stereocenters. The summed E-state index contributed by atoms with van der Waals surface area (Å²) in [6.45, 7) is 8.79. The Morgan fingerprint density at radius 2 is 1.73 bits per heavy atom. The fourth-order valence-corrected chi connectivity index (χ4v) is 1.90. The number of benzene rings is 1. The maximum atomic E-state index is 5.38. The molecule has 120 valence electrons. The first kappa shape index (κ1) is 17.8. The van der Waals surface area contributed by atoms with Gasteiger partial charge in [-0.3, -0.25) is 0 Å². The van der Waals surface area contributed by atoms with Crippen LogP contribution >= 0.6 is 0 Å². The molecule has 2 aromatic rings. The van der Waals surface area contributed by atoms with E-state index in [4.69, 9.17) is 9.47 Å². The zero-order valence-corrected chi connectivity index (χ0v) is 14.4. The van der Waals surface area contributed by atoms with Crippen LogP contribution in [0.25, 0.3) is 0 Å². The van der Waals surface area contributed by atoms with Gasteiger partial charge in [0.25, 0.3) is 0 Å². The molecule has 0 bridgehead atoms. The summed E-state index contributed by atoms with van der Waals surface area (Å²) in [5, 5.41) is 3.31. The van der Waals surface area contributed by atoms with Crippen molar-refractivity contribution in [3.8, 4) is 11.5 Å². The fourth-order valence-electron chi connectivity index (χ4n) is 1.90. The van der Waals surface area contributed by atoms with Crippen LogP contribution in [0.1, 0.15) is 30.5 Å². The summed E-state index contributed by atoms with van der Waals surface area (Å²) < 4.78 is 10.6.